The minimum Gasteiger partial charge on any atom is -0.480 e. The van der Waals surface area contributed by atoms with Crippen LogP contribution in [0.4, 0.5) is 0 Å². The van der Waals surface area contributed by atoms with Gasteiger partial charge in [0, 0.05) is 0 Å². The first-order valence-corrected chi connectivity index (χ1v) is 10.6. The van der Waals surface area contributed by atoms with Gasteiger partial charge >= 0.3 is 5.97 Å². The van der Waals surface area contributed by atoms with Crippen LogP contribution in [0, 0.1) is 11.8 Å². The lowest BCUT2D eigenvalue weighted by atomic mass is 10.00. The van der Waals surface area contributed by atoms with Crippen LogP contribution < -0.4 is 33.2 Å². The second-order valence-electron chi connectivity index (χ2n) is 8.73. The van der Waals surface area contributed by atoms with E-state index in [1.807, 2.05) is 33.0 Å². The molecule has 0 rings (SSSR count). The molecule has 10 N–H and O–H groups in total. The number of nitrogens with one attached hydrogen (secondary N) is 3. The predicted molar refractivity (Wildman–Crippen MR) is 118 cm³/mol. The summed E-state index contributed by atoms with van der Waals surface area (Å²) in [4.78, 5) is 71.6. The van der Waals surface area contributed by atoms with Gasteiger partial charge in [-0.2, -0.15) is 0 Å². The lowest BCUT2D eigenvalue weighted by Crippen LogP contribution is -2.58. The van der Waals surface area contributed by atoms with E-state index in [1.54, 1.807) is 0 Å². The Hall–Kier alpha value is -3.22. The van der Waals surface area contributed by atoms with Crippen molar-refractivity contribution in [2.45, 2.75) is 77.5 Å². The fourth-order valence-electron chi connectivity index (χ4n) is 2.95. The van der Waals surface area contributed by atoms with Gasteiger partial charge in [-0.05, 0) is 24.7 Å². The molecule has 5 amide bonds. The molecule has 0 aliphatic carbocycles. The second-order valence-corrected chi connectivity index (χ2v) is 8.73. The average Bonchev–Trinajstić information content (AvgIpc) is 2.64. The number of nitrogens with two attached hydrogens (primary N) is 3. The molecule has 0 spiro atoms. The summed E-state index contributed by atoms with van der Waals surface area (Å²) in [6.07, 6.45) is -0.741. The molecule has 0 bridgehead atoms. The highest BCUT2D eigenvalue weighted by Crippen LogP contribution is 2.08. The van der Waals surface area contributed by atoms with Crippen LogP contribution in [-0.2, 0) is 28.8 Å². The maximum absolute atomic E-state index is 12.9. The quantitative estimate of drug-likeness (QED) is 0.136. The van der Waals surface area contributed by atoms with Crippen LogP contribution in [0.3, 0.4) is 0 Å². The van der Waals surface area contributed by atoms with Crippen molar-refractivity contribution < 1.29 is 33.9 Å². The van der Waals surface area contributed by atoms with Crippen molar-refractivity contribution in [1.82, 2.24) is 16.0 Å². The number of carboxylic acids is 1. The molecule has 13 nitrogen and oxygen atoms in total. The Balaban J connectivity index is 5.54. The largest absolute Gasteiger partial charge is 0.480 e. The van der Waals surface area contributed by atoms with Gasteiger partial charge in [-0.1, -0.05) is 27.7 Å². The zero-order chi connectivity index (χ0) is 25.9. The third-order valence-electron chi connectivity index (χ3n) is 4.46. The number of hydrogen-bond acceptors (Lipinski definition) is 7. The van der Waals surface area contributed by atoms with Gasteiger partial charge in [-0.15, -0.1) is 0 Å². The number of carboxylic acid groups (broad SMARTS) is 1. The molecule has 33 heavy (non-hydrogen) atoms. The number of primary amides is 2. The van der Waals surface area contributed by atoms with Gasteiger partial charge in [-0.25, -0.2) is 4.79 Å². The number of carbonyl (C=O) groups excluding carboxylic acids is 5. The lowest BCUT2D eigenvalue weighted by Gasteiger charge is -2.25. The summed E-state index contributed by atoms with van der Waals surface area (Å²) in [5.41, 5.74) is 16.0. The molecule has 13 heteroatoms. The summed E-state index contributed by atoms with van der Waals surface area (Å²) in [7, 11) is 0. The molecular weight excluding hydrogens is 436 g/mol. The van der Waals surface area contributed by atoms with Crippen molar-refractivity contribution in [1.29, 1.82) is 0 Å². The first-order valence-electron chi connectivity index (χ1n) is 10.6. The topological polar surface area (TPSA) is 237 Å². The Morgan fingerprint density at radius 3 is 1.48 bits per heavy atom. The molecule has 0 heterocycles. The molecule has 0 saturated carbocycles. The summed E-state index contributed by atoms with van der Waals surface area (Å²) in [5, 5.41) is 16.1. The SMILES string of the molecule is CC(C)CC(N)C(=O)NC(CC(C)C)C(=O)NC(CC(N)=O)C(=O)NC(CC(N)=O)C(=O)O. The monoisotopic (exact) mass is 472 g/mol. The number of hydrogen-bond donors (Lipinski definition) is 7. The Morgan fingerprint density at radius 2 is 1.06 bits per heavy atom. The molecule has 0 aromatic heterocycles. The molecule has 0 fully saturated rings. The Bertz CT molecular complexity index is 740. The third-order valence-corrected chi connectivity index (χ3v) is 4.46. The average molecular weight is 473 g/mol. The minimum atomic E-state index is -1.66. The van der Waals surface area contributed by atoms with E-state index in [0.29, 0.717) is 6.42 Å². The smallest absolute Gasteiger partial charge is 0.326 e. The highest BCUT2D eigenvalue weighted by atomic mass is 16.4. The van der Waals surface area contributed by atoms with E-state index in [9.17, 15) is 28.8 Å². The van der Waals surface area contributed by atoms with Crippen LogP contribution >= 0.6 is 0 Å². The number of rotatable bonds is 15. The van der Waals surface area contributed by atoms with Gasteiger partial charge in [0.1, 0.15) is 18.1 Å². The van der Waals surface area contributed by atoms with Crippen LogP contribution in [0.15, 0.2) is 0 Å². The number of aliphatic carboxylic acids is 1. The van der Waals surface area contributed by atoms with Gasteiger partial charge < -0.3 is 38.3 Å². The van der Waals surface area contributed by atoms with E-state index in [1.165, 1.54) is 0 Å². The van der Waals surface area contributed by atoms with Crippen LogP contribution in [0.1, 0.15) is 53.4 Å². The summed E-state index contributed by atoms with van der Waals surface area (Å²) in [6.45, 7) is 7.41. The first-order chi connectivity index (χ1) is 15.1. The Labute approximate surface area is 192 Å². The van der Waals surface area contributed by atoms with Crippen LogP contribution in [0.2, 0.25) is 0 Å². The molecule has 4 unspecified atom stereocenters. The van der Waals surface area contributed by atoms with Gasteiger partial charge in [0.05, 0.1) is 18.9 Å². The predicted octanol–water partition coefficient (Wildman–Crippen LogP) is -2.30. The van der Waals surface area contributed by atoms with Crippen molar-refractivity contribution in [3.05, 3.63) is 0 Å². The van der Waals surface area contributed by atoms with Crippen molar-refractivity contribution in [3.8, 4) is 0 Å². The van der Waals surface area contributed by atoms with Crippen molar-refractivity contribution in [2.75, 3.05) is 0 Å². The van der Waals surface area contributed by atoms with Gasteiger partial charge in [-0.3, -0.25) is 24.0 Å². The fraction of sp³-hybridized carbons (Fsp3) is 0.700. The van der Waals surface area contributed by atoms with E-state index < -0.39 is 72.5 Å². The third kappa shape index (κ3) is 12.4. The highest BCUT2D eigenvalue weighted by Gasteiger charge is 2.32. The Kier molecular flexibility index (Phi) is 12.7. The molecular formula is C20H36N6O7. The van der Waals surface area contributed by atoms with Crippen molar-refractivity contribution in [2.24, 2.45) is 29.0 Å². The van der Waals surface area contributed by atoms with Crippen molar-refractivity contribution in [3.63, 3.8) is 0 Å². The standard InChI is InChI=1S/C20H36N6O7/c1-9(2)5-11(21)17(29)24-12(6-10(3)4)18(30)25-13(7-15(22)27)19(31)26-14(20(32)33)8-16(23)28/h9-14H,5-8,21H2,1-4H3,(H2,22,27)(H2,23,28)(H,24,29)(H,25,30)(H,26,31)(H,32,33). The Morgan fingerprint density at radius 1 is 0.667 bits per heavy atom. The van der Waals surface area contributed by atoms with E-state index in [-0.39, 0.29) is 18.3 Å². The van der Waals surface area contributed by atoms with E-state index in [2.05, 4.69) is 10.6 Å². The zero-order valence-corrected chi connectivity index (χ0v) is 19.4. The van der Waals surface area contributed by atoms with Crippen LogP contribution in [0.5, 0.6) is 0 Å². The normalized spacial score (nSPS) is 14.6. The van der Waals surface area contributed by atoms with Gasteiger partial charge in [0.15, 0.2) is 0 Å². The molecule has 188 valence electrons. The van der Waals surface area contributed by atoms with Crippen molar-refractivity contribution >= 4 is 35.5 Å². The maximum Gasteiger partial charge on any atom is 0.326 e. The molecule has 0 aliphatic rings. The highest BCUT2D eigenvalue weighted by molar-refractivity contribution is 5.96. The molecule has 0 aromatic carbocycles. The molecule has 0 radical (unpaired) electrons. The summed E-state index contributed by atoms with van der Waals surface area (Å²) in [6, 6.07) is -5.12. The summed E-state index contributed by atoms with van der Waals surface area (Å²) < 4.78 is 0. The van der Waals surface area contributed by atoms with Gasteiger partial charge in [0.2, 0.25) is 29.5 Å². The first kappa shape index (κ1) is 29.8. The van der Waals surface area contributed by atoms with E-state index in [0.717, 1.165) is 0 Å². The molecule has 4 atom stereocenters. The number of carbonyl (C=O) groups is 6. The maximum atomic E-state index is 12.9. The fourth-order valence-corrected chi connectivity index (χ4v) is 2.95. The molecule has 0 aromatic rings. The lowest BCUT2D eigenvalue weighted by molar-refractivity contribution is -0.144. The summed E-state index contributed by atoms with van der Waals surface area (Å²) >= 11 is 0. The summed E-state index contributed by atoms with van der Waals surface area (Å²) in [5.74, 6) is -5.72. The molecule has 0 saturated heterocycles. The van der Waals surface area contributed by atoms with E-state index >= 15 is 0 Å². The van der Waals surface area contributed by atoms with Crippen LogP contribution in [-0.4, -0.2) is 64.8 Å². The number of amides is 5. The minimum absolute atomic E-state index is 0.0299. The van der Waals surface area contributed by atoms with Crippen LogP contribution in [0.25, 0.3) is 0 Å². The zero-order valence-electron chi connectivity index (χ0n) is 19.4. The van der Waals surface area contributed by atoms with E-state index in [4.69, 9.17) is 22.3 Å². The second kappa shape index (κ2) is 14.0. The molecule has 0 aliphatic heterocycles. The van der Waals surface area contributed by atoms with Gasteiger partial charge in [0.25, 0.3) is 0 Å².